The third-order valence-electron chi connectivity index (χ3n) is 6.05. The predicted octanol–water partition coefficient (Wildman–Crippen LogP) is 4.71. The van der Waals surface area contributed by atoms with E-state index in [2.05, 4.69) is 5.32 Å². The number of hydrogen-bond acceptors (Lipinski definition) is 4. The molecule has 0 unspecified atom stereocenters. The van der Waals surface area contributed by atoms with Crippen molar-refractivity contribution >= 4 is 39.1 Å². The average Bonchev–Trinajstić information content (AvgIpc) is 2.87. The van der Waals surface area contributed by atoms with Gasteiger partial charge in [-0.15, -0.1) is 0 Å². The van der Waals surface area contributed by atoms with E-state index in [1.54, 1.807) is 30.3 Å². The number of amides is 2. The van der Waals surface area contributed by atoms with Crippen LogP contribution in [0.15, 0.2) is 77.7 Å². The summed E-state index contributed by atoms with van der Waals surface area (Å²) in [4.78, 5) is 28.1. The number of aryl methyl sites for hydroxylation is 2. The van der Waals surface area contributed by atoms with Gasteiger partial charge in [0.15, 0.2) is 0 Å². The Hall–Kier alpha value is -3.36. The third-order valence-corrected chi connectivity index (χ3v) is 8.07. The molecule has 0 aromatic heterocycles. The molecule has 0 aliphatic carbocycles. The van der Waals surface area contributed by atoms with Crippen LogP contribution in [-0.2, 0) is 26.2 Å². The number of nitrogens with zero attached hydrogens (tertiary/aromatic N) is 2. The molecule has 3 aromatic carbocycles. The summed E-state index contributed by atoms with van der Waals surface area (Å²) in [6.07, 6.45) is 0.360. The quantitative estimate of drug-likeness (QED) is 0.403. The average molecular weight is 542 g/mol. The van der Waals surface area contributed by atoms with Crippen LogP contribution in [0.2, 0.25) is 5.02 Å². The summed E-state index contributed by atoms with van der Waals surface area (Å²) < 4.78 is 28.6. The summed E-state index contributed by atoms with van der Waals surface area (Å²) in [7, 11) is -2.61. The number of sulfonamides is 1. The SMILES string of the molecule is CC[C@H](C(=O)NC)N(Cc1cccc(C)c1)C(=O)CN(c1cccc(Cl)c1)S(=O)(=O)c1ccc(C)cc1. The molecule has 0 spiro atoms. The first-order valence-corrected chi connectivity index (χ1v) is 13.8. The van der Waals surface area contributed by atoms with E-state index in [4.69, 9.17) is 11.6 Å². The van der Waals surface area contributed by atoms with Crippen molar-refractivity contribution in [3.05, 3.63) is 94.5 Å². The maximum absolute atomic E-state index is 13.9. The minimum absolute atomic E-state index is 0.0504. The zero-order valence-corrected chi connectivity index (χ0v) is 23.0. The summed E-state index contributed by atoms with van der Waals surface area (Å²) in [5, 5.41) is 2.96. The number of benzene rings is 3. The highest BCUT2D eigenvalue weighted by Gasteiger charge is 2.33. The molecular weight excluding hydrogens is 510 g/mol. The van der Waals surface area contributed by atoms with Gasteiger partial charge in [0.25, 0.3) is 10.0 Å². The van der Waals surface area contributed by atoms with Crippen molar-refractivity contribution in [2.75, 3.05) is 17.9 Å². The van der Waals surface area contributed by atoms with Gasteiger partial charge < -0.3 is 10.2 Å². The molecule has 7 nitrogen and oxygen atoms in total. The molecule has 0 saturated carbocycles. The Balaban J connectivity index is 2.06. The molecule has 0 saturated heterocycles. The lowest BCUT2D eigenvalue weighted by molar-refractivity contribution is -0.140. The molecule has 1 atom stereocenters. The number of nitrogens with one attached hydrogen (secondary N) is 1. The molecule has 1 N–H and O–H groups in total. The van der Waals surface area contributed by atoms with E-state index in [0.29, 0.717) is 11.4 Å². The maximum Gasteiger partial charge on any atom is 0.264 e. The molecule has 3 rings (SSSR count). The lowest BCUT2D eigenvalue weighted by Crippen LogP contribution is -2.51. The molecule has 3 aromatic rings. The van der Waals surface area contributed by atoms with Crippen LogP contribution < -0.4 is 9.62 Å². The molecule has 2 amide bonds. The molecule has 0 heterocycles. The van der Waals surface area contributed by atoms with E-state index in [-0.39, 0.29) is 23.0 Å². The van der Waals surface area contributed by atoms with Crippen molar-refractivity contribution in [1.29, 1.82) is 0 Å². The second-order valence-corrected chi connectivity index (χ2v) is 11.2. The van der Waals surface area contributed by atoms with Crippen molar-refractivity contribution < 1.29 is 18.0 Å². The smallest absolute Gasteiger partial charge is 0.264 e. The van der Waals surface area contributed by atoms with Crippen LogP contribution in [-0.4, -0.2) is 44.8 Å². The largest absolute Gasteiger partial charge is 0.357 e. The zero-order valence-electron chi connectivity index (χ0n) is 21.4. The van der Waals surface area contributed by atoms with Crippen LogP contribution in [0.1, 0.15) is 30.0 Å². The number of hydrogen-bond donors (Lipinski definition) is 1. The highest BCUT2D eigenvalue weighted by Crippen LogP contribution is 2.27. The number of halogens is 1. The lowest BCUT2D eigenvalue weighted by atomic mass is 10.1. The monoisotopic (exact) mass is 541 g/mol. The van der Waals surface area contributed by atoms with Crippen molar-refractivity contribution in [3.8, 4) is 0 Å². The van der Waals surface area contributed by atoms with E-state index in [9.17, 15) is 18.0 Å². The molecular formula is C28H32ClN3O4S. The lowest BCUT2D eigenvalue weighted by Gasteiger charge is -2.33. The molecule has 0 fully saturated rings. The standard InChI is InChI=1S/C28H32ClN3O4S/c1-5-26(28(34)30-4)31(18-22-9-6-8-21(3)16-22)27(33)19-32(24-11-7-10-23(29)17-24)37(35,36)25-14-12-20(2)13-15-25/h6-17,26H,5,18-19H2,1-4H3,(H,30,34)/t26-/m1/s1. The maximum atomic E-state index is 13.9. The van der Waals surface area contributed by atoms with Crippen LogP contribution in [0.25, 0.3) is 0 Å². The fraction of sp³-hybridized carbons (Fsp3) is 0.286. The van der Waals surface area contributed by atoms with E-state index >= 15 is 0 Å². The van der Waals surface area contributed by atoms with Gasteiger partial charge in [-0.05, 0) is 56.2 Å². The highest BCUT2D eigenvalue weighted by atomic mass is 35.5. The van der Waals surface area contributed by atoms with Gasteiger partial charge in [0.2, 0.25) is 11.8 Å². The second-order valence-electron chi connectivity index (χ2n) is 8.85. The Morgan fingerprint density at radius 2 is 1.62 bits per heavy atom. The van der Waals surface area contributed by atoms with E-state index in [1.165, 1.54) is 30.1 Å². The fourth-order valence-electron chi connectivity index (χ4n) is 4.09. The highest BCUT2D eigenvalue weighted by molar-refractivity contribution is 7.92. The first-order valence-electron chi connectivity index (χ1n) is 12.0. The Kier molecular flexibility index (Phi) is 9.34. The number of likely N-dealkylation sites (N-methyl/N-ethyl adjacent to an activating group) is 1. The Bertz CT molecular complexity index is 1360. The van der Waals surface area contributed by atoms with Gasteiger partial charge in [-0.25, -0.2) is 8.42 Å². The van der Waals surface area contributed by atoms with Gasteiger partial charge >= 0.3 is 0 Å². The van der Waals surface area contributed by atoms with Crippen molar-refractivity contribution in [3.63, 3.8) is 0 Å². The molecule has 0 bridgehead atoms. The Morgan fingerprint density at radius 3 is 2.22 bits per heavy atom. The molecule has 0 aliphatic rings. The van der Waals surface area contributed by atoms with Crippen LogP contribution in [0.3, 0.4) is 0 Å². The van der Waals surface area contributed by atoms with Gasteiger partial charge in [0, 0.05) is 18.6 Å². The Morgan fingerprint density at radius 1 is 0.946 bits per heavy atom. The van der Waals surface area contributed by atoms with E-state index in [0.717, 1.165) is 21.0 Å². The van der Waals surface area contributed by atoms with Gasteiger partial charge in [-0.1, -0.05) is 72.1 Å². The summed E-state index contributed by atoms with van der Waals surface area (Å²) in [5.41, 5.74) is 3.02. The normalized spacial score (nSPS) is 12.0. The molecule has 196 valence electrons. The van der Waals surface area contributed by atoms with E-state index in [1.807, 2.05) is 45.0 Å². The van der Waals surface area contributed by atoms with E-state index < -0.39 is 28.5 Å². The number of rotatable bonds is 10. The van der Waals surface area contributed by atoms with Crippen LogP contribution in [0.4, 0.5) is 5.69 Å². The zero-order chi connectivity index (χ0) is 27.2. The van der Waals surface area contributed by atoms with Gasteiger partial charge in [-0.3, -0.25) is 13.9 Å². The van der Waals surface area contributed by atoms with Crippen molar-refractivity contribution in [1.82, 2.24) is 10.2 Å². The van der Waals surface area contributed by atoms with Gasteiger partial charge in [0.1, 0.15) is 12.6 Å². The molecule has 0 radical (unpaired) electrons. The minimum atomic E-state index is -4.13. The molecule has 37 heavy (non-hydrogen) atoms. The fourth-order valence-corrected chi connectivity index (χ4v) is 5.68. The molecule has 0 aliphatic heterocycles. The summed E-state index contributed by atoms with van der Waals surface area (Å²) in [6.45, 7) is 5.27. The first-order chi connectivity index (χ1) is 17.6. The van der Waals surface area contributed by atoms with Crippen LogP contribution >= 0.6 is 11.6 Å². The van der Waals surface area contributed by atoms with Gasteiger partial charge in [-0.2, -0.15) is 0 Å². The number of carbonyl (C=O) groups excluding carboxylic acids is 2. The number of carbonyl (C=O) groups is 2. The minimum Gasteiger partial charge on any atom is -0.357 e. The Labute approximate surface area is 224 Å². The third kappa shape index (κ3) is 6.90. The topological polar surface area (TPSA) is 86.8 Å². The predicted molar refractivity (Wildman–Crippen MR) is 147 cm³/mol. The van der Waals surface area contributed by atoms with Crippen molar-refractivity contribution in [2.24, 2.45) is 0 Å². The molecule has 9 heteroatoms. The number of anilines is 1. The summed E-state index contributed by atoms with van der Waals surface area (Å²) in [5.74, 6) is -0.827. The van der Waals surface area contributed by atoms with Gasteiger partial charge in [0.05, 0.1) is 10.6 Å². The summed E-state index contributed by atoms with van der Waals surface area (Å²) in [6, 6.07) is 19.6. The van der Waals surface area contributed by atoms with Crippen LogP contribution in [0.5, 0.6) is 0 Å². The first kappa shape index (κ1) is 28.2. The van der Waals surface area contributed by atoms with Crippen molar-refractivity contribution in [2.45, 2.75) is 44.7 Å². The second kappa shape index (κ2) is 12.3. The van der Waals surface area contributed by atoms with Crippen LogP contribution in [0, 0.1) is 13.8 Å². The summed E-state index contributed by atoms with van der Waals surface area (Å²) >= 11 is 6.19.